The number of aromatic nitrogens is 2. The largest absolute Gasteiger partial charge is 0.358 e. The summed E-state index contributed by atoms with van der Waals surface area (Å²) < 4.78 is 0. The van der Waals surface area contributed by atoms with E-state index in [1.165, 1.54) is 5.56 Å². The van der Waals surface area contributed by atoms with E-state index in [9.17, 15) is 4.79 Å². The molecule has 1 amide bonds. The molecule has 0 saturated heterocycles. The van der Waals surface area contributed by atoms with Gasteiger partial charge in [-0.05, 0) is 36.6 Å². The van der Waals surface area contributed by atoms with Crippen molar-refractivity contribution < 1.29 is 4.79 Å². The molecule has 2 N–H and O–H groups in total. The second kappa shape index (κ2) is 6.32. The number of hydrogen-bond donors (Lipinski definition) is 2. The minimum absolute atomic E-state index is 0.0193. The number of aromatic amines is 1. The Hall–Kier alpha value is -2.88. The zero-order chi connectivity index (χ0) is 16.4. The molecule has 4 heteroatoms. The standard InChI is InChI=1S/C20H19N3O/c24-20-17-13-18(15-8-10-21-11-9-15)23-19(17)12-16(22-20)7-6-14-4-2-1-3-5-14/h1-5,8-11,13,16,23H,6-7,12H2,(H,22,24). The van der Waals surface area contributed by atoms with Gasteiger partial charge < -0.3 is 10.3 Å². The number of nitrogens with zero attached hydrogens (tertiary/aromatic N) is 1. The molecule has 120 valence electrons. The van der Waals surface area contributed by atoms with Crippen LogP contribution in [0.2, 0.25) is 0 Å². The molecular formula is C20H19N3O. The molecule has 0 bridgehead atoms. The van der Waals surface area contributed by atoms with Gasteiger partial charge in [0, 0.05) is 41.8 Å². The van der Waals surface area contributed by atoms with E-state index in [-0.39, 0.29) is 11.9 Å². The quantitative estimate of drug-likeness (QED) is 0.775. The van der Waals surface area contributed by atoms with Gasteiger partial charge in [0.05, 0.1) is 5.56 Å². The van der Waals surface area contributed by atoms with Crippen LogP contribution >= 0.6 is 0 Å². The van der Waals surface area contributed by atoms with Gasteiger partial charge in [0.15, 0.2) is 0 Å². The SMILES string of the molecule is O=C1NC(CCc2ccccc2)Cc2[nH]c(-c3ccncc3)cc21. The van der Waals surface area contributed by atoms with E-state index in [0.29, 0.717) is 0 Å². The van der Waals surface area contributed by atoms with Crippen LogP contribution in [0.4, 0.5) is 0 Å². The maximum absolute atomic E-state index is 12.4. The molecule has 1 aromatic carbocycles. The number of rotatable bonds is 4. The zero-order valence-corrected chi connectivity index (χ0v) is 13.3. The lowest BCUT2D eigenvalue weighted by Crippen LogP contribution is -2.41. The van der Waals surface area contributed by atoms with Crippen LogP contribution in [0.25, 0.3) is 11.3 Å². The van der Waals surface area contributed by atoms with Crippen LogP contribution in [0.3, 0.4) is 0 Å². The van der Waals surface area contributed by atoms with E-state index in [2.05, 4.69) is 39.6 Å². The van der Waals surface area contributed by atoms with E-state index < -0.39 is 0 Å². The van der Waals surface area contributed by atoms with Crippen molar-refractivity contribution in [3.05, 3.63) is 77.7 Å². The summed E-state index contributed by atoms with van der Waals surface area (Å²) in [5.41, 5.74) is 5.12. The van der Waals surface area contributed by atoms with E-state index in [4.69, 9.17) is 0 Å². The number of carbonyl (C=O) groups is 1. The molecule has 2 aromatic heterocycles. The van der Waals surface area contributed by atoms with Gasteiger partial charge in [0.25, 0.3) is 5.91 Å². The third kappa shape index (κ3) is 2.95. The molecular weight excluding hydrogens is 298 g/mol. The van der Waals surface area contributed by atoms with Crippen LogP contribution in [-0.4, -0.2) is 21.9 Å². The Kier molecular flexibility index (Phi) is 3.87. The first-order chi connectivity index (χ1) is 11.8. The third-order valence-corrected chi connectivity index (χ3v) is 4.55. The Bertz CT molecular complexity index is 840. The number of H-pyrrole nitrogens is 1. The first-order valence-corrected chi connectivity index (χ1v) is 8.26. The topological polar surface area (TPSA) is 57.8 Å². The van der Waals surface area contributed by atoms with Gasteiger partial charge in [-0.25, -0.2) is 0 Å². The van der Waals surface area contributed by atoms with Crippen molar-refractivity contribution in [2.24, 2.45) is 0 Å². The van der Waals surface area contributed by atoms with Gasteiger partial charge in [-0.1, -0.05) is 30.3 Å². The third-order valence-electron chi connectivity index (χ3n) is 4.55. The van der Waals surface area contributed by atoms with E-state index in [0.717, 1.165) is 41.8 Å². The van der Waals surface area contributed by atoms with Crippen LogP contribution in [0.5, 0.6) is 0 Å². The van der Waals surface area contributed by atoms with Gasteiger partial charge in [0.2, 0.25) is 0 Å². The summed E-state index contributed by atoms with van der Waals surface area (Å²) >= 11 is 0. The van der Waals surface area contributed by atoms with Crippen molar-refractivity contribution in [3.63, 3.8) is 0 Å². The average Bonchev–Trinajstić information content (AvgIpc) is 3.06. The fraction of sp³-hybridized carbons (Fsp3) is 0.200. The van der Waals surface area contributed by atoms with Gasteiger partial charge in [-0.15, -0.1) is 0 Å². The molecule has 1 aliphatic rings. The average molecular weight is 317 g/mol. The number of fused-ring (bicyclic) bond motifs is 1. The molecule has 1 atom stereocenters. The molecule has 0 spiro atoms. The minimum atomic E-state index is 0.0193. The maximum atomic E-state index is 12.4. The molecule has 0 aliphatic carbocycles. The summed E-state index contributed by atoms with van der Waals surface area (Å²) in [6, 6.07) is 16.4. The van der Waals surface area contributed by atoms with Crippen molar-refractivity contribution in [1.82, 2.24) is 15.3 Å². The number of nitrogens with one attached hydrogen (secondary N) is 2. The lowest BCUT2D eigenvalue weighted by Gasteiger charge is -2.23. The van der Waals surface area contributed by atoms with Gasteiger partial charge in [-0.2, -0.15) is 0 Å². The van der Waals surface area contributed by atoms with Crippen molar-refractivity contribution in [2.75, 3.05) is 0 Å². The predicted octanol–water partition coefficient (Wildman–Crippen LogP) is 3.36. The lowest BCUT2D eigenvalue weighted by atomic mass is 9.96. The molecule has 3 heterocycles. The second-order valence-electron chi connectivity index (χ2n) is 6.21. The van der Waals surface area contributed by atoms with E-state index in [1.54, 1.807) is 12.4 Å². The molecule has 3 aromatic rings. The molecule has 24 heavy (non-hydrogen) atoms. The van der Waals surface area contributed by atoms with Gasteiger partial charge in [-0.3, -0.25) is 9.78 Å². The molecule has 1 aliphatic heterocycles. The molecule has 0 radical (unpaired) electrons. The highest BCUT2D eigenvalue weighted by molar-refractivity contribution is 5.98. The van der Waals surface area contributed by atoms with Crippen molar-refractivity contribution in [1.29, 1.82) is 0 Å². The summed E-state index contributed by atoms with van der Waals surface area (Å²) in [5.74, 6) is 0.0193. The Labute approximate surface area is 141 Å². The van der Waals surface area contributed by atoms with Crippen LogP contribution in [0.15, 0.2) is 60.9 Å². The zero-order valence-electron chi connectivity index (χ0n) is 13.3. The summed E-state index contributed by atoms with van der Waals surface area (Å²) in [6.45, 7) is 0. The monoisotopic (exact) mass is 317 g/mol. The van der Waals surface area contributed by atoms with Crippen molar-refractivity contribution in [3.8, 4) is 11.3 Å². The van der Waals surface area contributed by atoms with Gasteiger partial charge in [0.1, 0.15) is 0 Å². The Balaban J connectivity index is 1.50. The molecule has 1 unspecified atom stereocenters. The highest BCUT2D eigenvalue weighted by Crippen LogP contribution is 2.25. The Morgan fingerprint density at radius 3 is 2.67 bits per heavy atom. The first-order valence-electron chi connectivity index (χ1n) is 8.26. The van der Waals surface area contributed by atoms with E-state index >= 15 is 0 Å². The summed E-state index contributed by atoms with van der Waals surface area (Å²) in [5, 5.41) is 3.14. The highest BCUT2D eigenvalue weighted by atomic mass is 16.1. The number of carbonyl (C=O) groups excluding carboxylic acids is 1. The highest BCUT2D eigenvalue weighted by Gasteiger charge is 2.26. The maximum Gasteiger partial charge on any atom is 0.253 e. The van der Waals surface area contributed by atoms with Crippen LogP contribution < -0.4 is 5.32 Å². The Morgan fingerprint density at radius 1 is 1.08 bits per heavy atom. The van der Waals surface area contributed by atoms with E-state index in [1.807, 2.05) is 24.3 Å². The normalized spacial score (nSPS) is 16.5. The lowest BCUT2D eigenvalue weighted by molar-refractivity contribution is 0.0923. The molecule has 0 saturated carbocycles. The molecule has 0 fully saturated rings. The summed E-state index contributed by atoms with van der Waals surface area (Å²) in [4.78, 5) is 19.9. The summed E-state index contributed by atoms with van der Waals surface area (Å²) in [7, 11) is 0. The minimum Gasteiger partial charge on any atom is -0.358 e. The Morgan fingerprint density at radius 2 is 1.88 bits per heavy atom. The second-order valence-corrected chi connectivity index (χ2v) is 6.21. The first kappa shape index (κ1) is 14.7. The van der Waals surface area contributed by atoms with Crippen LogP contribution in [-0.2, 0) is 12.8 Å². The smallest absolute Gasteiger partial charge is 0.253 e. The number of hydrogen-bond acceptors (Lipinski definition) is 2. The van der Waals surface area contributed by atoms with Gasteiger partial charge >= 0.3 is 0 Å². The number of pyridine rings is 1. The van der Waals surface area contributed by atoms with Crippen molar-refractivity contribution >= 4 is 5.91 Å². The number of aryl methyl sites for hydroxylation is 1. The van der Waals surface area contributed by atoms with Crippen LogP contribution in [0, 0.1) is 0 Å². The molecule has 4 nitrogen and oxygen atoms in total. The fourth-order valence-corrected chi connectivity index (χ4v) is 3.27. The summed E-state index contributed by atoms with van der Waals surface area (Å²) in [6.07, 6.45) is 6.28. The molecule has 4 rings (SSSR count). The fourth-order valence-electron chi connectivity index (χ4n) is 3.27. The van der Waals surface area contributed by atoms with Crippen molar-refractivity contribution in [2.45, 2.75) is 25.3 Å². The number of benzene rings is 1. The number of amides is 1. The van der Waals surface area contributed by atoms with Crippen LogP contribution in [0.1, 0.15) is 28.0 Å². The predicted molar refractivity (Wildman–Crippen MR) is 93.7 cm³/mol.